The highest BCUT2D eigenvalue weighted by Gasteiger charge is 2.21. The molecule has 0 spiro atoms. The van der Waals surface area contributed by atoms with Crippen LogP contribution in [0.25, 0.3) is 0 Å². The highest BCUT2D eigenvalue weighted by atomic mass is 35.5. The van der Waals surface area contributed by atoms with Crippen molar-refractivity contribution in [2.75, 3.05) is 10.6 Å². The summed E-state index contributed by atoms with van der Waals surface area (Å²) in [6, 6.07) is 3.09. The zero-order valence-electron chi connectivity index (χ0n) is 11.9. The summed E-state index contributed by atoms with van der Waals surface area (Å²) in [5, 5.41) is 8.44. The van der Waals surface area contributed by atoms with Gasteiger partial charge in [0.1, 0.15) is 8.67 Å². The van der Waals surface area contributed by atoms with Gasteiger partial charge in [-0.25, -0.2) is 0 Å². The number of carbonyl (C=O) groups is 2. The van der Waals surface area contributed by atoms with E-state index in [-0.39, 0.29) is 11.1 Å². The summed E-state index contributed by atoms with van der Waals surface area (Å²) in [7, 11) is 0. The van der Waals surface area contributed by atoms with Crippen molar-refractivity contribution >= 4 is 104 Å². The van der Waals surface area contributed by atoms with Crippen LogP contribution in [-0.4, -0.2) is 11.8 Å². The van der Waals surface area contributed by atoms with E-state index in [2.05, 4.69) is 10.6 Å². The molecule has 0 unspecified atom stereocenters. The van der Waals surface area contributed by atoms with Gasteiger partial charge in [0.25, 0.3) is 11.8 Å². The predicted octanol–water partition coefficient (Wildman–Crippen LogP) is 6.99. The Bertz CT molecular complexity index is 889. The van der Waals surface area contributed by atoms with E-state index in [0.29, 0.717) is 28.7 Å². The summed E-state index contributed by atoms with van der Waals surface area (Å²) in [4.78, 5) is 24.9. The Hall–Kier alpha value is -0.800. The second-order valence-electron chi connectivity index (χ2n) is 4.58. The minimum atomic E-state index is -0.461. The SMILES string of the molecule is O=C(Nc1cc(Cl)sc1Cl)c1cscc1C(=O)Nc1cc(Cl)sc1Cl. The number of hydrogen-bond acceptors (Lipinski definition) is 5. The maximum absolute atomic E-state index is 12.5. The highest BCUT2D eigenvalue weighted by molar-refractivity contribution is 7.21. The van der Waals surface area contributed by atoms with E-state index in [1.54, 1.807) is 22.9 Å². The second-order valence-corrected chi connectivity index (χ2v) is 9.90. The van der Waals surface area contributed by atoms with Gasteiger partial charge in [0.05, 0.1) is 31.2 Å². The summed E-state index contributed by atoms with van der Waals surface area (Å²) in [5.74, 6) is -0.922. The van der Waals surface area contributed by atoms with Crippen LogP contribution >= 0.6 is 80.4 Å². The number of rotatable bonds is 4. The minimum Gasteiger partial charge on any atom is -0.320 e. The number of anilines is 2. The molecule has 3 rings (SSSR count). The number of halogens is 4. The molecule has 3 heterocycles. The maximum atomic E-state index is 12.5. The van der Waals surface area contributed by atoms with Crippen LogP contribution in [0.4, 0.5) is 11.4 Å². The molecule has 0 saturated carbocycles. The van der Waals surface area contributed by atoms with Crippen LogP contribution in [0, 0.1) is 0 Å². The van der Waals surface area contributed by atoms with Crippen molar-refractivity contribution in [3.05, 3.63) is 51.4 Å². The summed E-state index contributed by atoms with van der Waals surface area (Å²) in [6.07, 6.45) is 0. The van der Waals surface area contributed by atoms with Gasteiger partial charge in [0, 0.05) is 10.8 Å². The first-order valence-electron chi connectivity index (χ1n) is 6.43. The molecule has 0 aliphatic rings. The van der Waals surface area contributed by atoms with E-state index in [1.807, 2.05) is 0 Å². The van der Waals surface area contributed by atoms with E-state index >= 15 is 0 Å². The van der Waals surface area contributed by atoms with Gasteiger partial charge in [0.15, 0.2) is 0 Å². The molecule has 11 heteroatoms. The van der Waals surface area contributed by atoms with Gasteiger partial charge >= 0.3 is 0 Å². The Morgan fingerprint density at radius 1 is 0.760 bits per heavy atom. The van der Waals surface area contributed by atoms with Crippen molar-refractivity contribution in [2.24, 2.45) is 0 Å². The van der Waals surface area contributed by atoms with Crippen LogP contribution in [-0.2, 0) is 0 Å². The van der Waals surface area contributed by atoms with Crippen LogP contribution in [0.5, 0.6) is 0 Å². The first kappa shape index (κ1) is 19.0. The third-order valence-corrected chi connectivity index (χ3v) is 6.68. The Balaban J connectivity index is 1.79. The Kier molecular flexibility index (Phi) is 5.95. The summed E-state index contributed by atoms with van der Waals surface area (Å²) < 4.78 is 1.62. The van der Waals surface area contributed by atoms with Gasteiger partial charge < -0.3 is 10.6 Å². The molecule has 0 aromatic carbocycles. The number of nitrogens with one attached hydrogen (secondary N) is 2. The lowest BCUT2D eigenvalue weighted by Gasteiger charge is -2.06. The second kappa shape index (κ2) is 7.84. The first-order chi connectivity index (χ1) is 11.8. The molecule has 0 saturated heterocycles. The van der Waals surface area contributed by atoms with Gasteiger partial charge in [-0.1, -0.05) is 46.4 Å². The van der Waals surface area contributed by atoms with Crippen LogP contribution < -0.4 is 10.6 Å². The lowest BCUT2D eigenvalue weighted by atomic mass is 10.1. The molecule has 4 nitrogen and oxygen atoms in total. The Morgan fingerprint density at radius 2 is 1.16 bits per heavy atom. The molecule has 0 fully saturated rings. The van der Waals surface area contributed by atoms with Crippen molar-refractivity contribution in [3.63, 3.8) is 0 Å². The summed E-state index contributed by atoms with van der Waals surface area (Å²) >= 11 is 27.2. The largest absolute Gasteiger partial charge is 0.320 e. The topological polar surface area (TPSA) is 58.2 Å². The van der Waals surface area contributed by atoms with Crippen LogP contribution in [0.2, 0.25) is 17.3 Å². The first-order valence-corrected chi connectivity index (χ1v) is 10.5. The highest BCUT2D eigenvalue weighted by Crippen LogP contribution is 2.37. The fourth-order valence-electron chi connectivity index (χ4n) is 1.88. The molecule has 25 heavy (non-hydrogen) atoms. The molecule has 130 valence electrons. The number of amides is 2. The molecule has 0 bridgehead atoms. The Morgan fingerprint density at radius 3 is 1.48 bits per heavy atom. The van der Waals surface area contributed by atoms with Crippen molar-refractivity contribution in [1.82, 2.24) is 0 Å². The van der Waals surface area contributed by atoms with Crippen molar-refractivity contribution < 1.29 is 9.59 Å². The van der Waals surface area contributed by atoms with Crippen LogP contribution in [0.15, 0.2) is 22.9 Å². The van der Waals surface area contributed by atoms with Crippen LogP contribution in [0.1, 0.15) is 20.7 Å². The van der Waals surface area contributed by atoms with Gasteiger partial charge in [-0.15, -0.1) is 22.7 Å². The normalized spacial score (nSPS) is 10.7. The standard InChI is InChI=1S/C14H6Cl4N2O2S3/c15-9-1-7(11(17)24-9)19-13(21)5-3-23-4-6(5)14(22)20-8-2-10(16)25-12(8)18/h1-4H,(H,19,21)(H,20,22). The maximum Gasteiger partial charge on any atom is 0.257 e. The number of carbonyl (C=O) groups excluding carboxylic acids is 2. The van der Waals surface area contributed by atoms with Gasteiger partial charge in [0.2, 0.25) is 0 Å². The quantitative estimate of drug-likeness (QED) is 0.430. The smallest absolute Gasteiger partial charge is 0.257 e. The van der Waals surface area contributed by atoms with E-state index in [4.69, 9.17) is 46.4 Å². The molecule has 0 aliphatic heterocycles. The molecule has 2 N–H and O–H groups in total. The minimum absolute atomic E-state index is 0.221. The molecule has 0 atom stereocenters. The van der Waals surface area contributed by atoms with E-state index in [9.17, 15) is 9.59 Å². The number of thiophene rings is 3. The third kappa shape index (κ3) is 4.31. The molecule has 3 aromatic rings. The average molecular weight is 472 g/mol. The van der Waals surface area contributed by atoms with Gasteiger partial charge in [-0.3, -0.25) is 9.59 Å². The lowest BCUT2D eigenvalue weighted by Crippen LogP contribution is -2.18. The monoisotopic (exact) mass is 470 g/mol. The summed E-state index contributed by atoms with van der Waals surface area (Å²) in [6.45, 7) is 0. The lowest BCUT2D eigenvalue weighted by molar-refractivity contribution is 0.0991. The van der Waals surface area contributed by atoms with E-state index in [1.165, 1.54) is 11.3 Å². The van der Waals surface area contributed by atoms with Gasteiger partial charge in [-0.2, -0.15) is 11.3 Å². The molecule has 3 aromatic heterocycles. The molecular weight excluding hydrogens is 466 g/mol. The summed E-state index contributed by atoms with van der Waals surface area (Å²) in [5.41, 5.74) is 1.23. The zero-order chi connectivity index (χ0) is 18.1. The Labute approximate surface area is 174 Å². The van der Waals surface area contributed by atoms with Crippen molar-refractivity contribution in [3.8, 4) is 0 Å². The van der Waals surface area contributed by atoms with Crippen molar-refractivity contribution in [1.29, 1.82) is 0 Å². The fourth-order valence-corrected chi connectivity index (χ4v) is 5.44. The van der Waals surface area contributed by atoms with E-state index < -0.39 is 11.8 Å². The molecule has 0 aliphatic carbocycles. The van der Waals surface area contributed by atoms with Gasteiger partial charge in [-0.05, 0) is 12.1 Å². The molecule has 0 radical (unpaired) electrons. The zero-order valence-corrected chi connectivity index (χ0v) is 17.3. The molecule has 2 amide bonds. The predicted molar refractivity (Wildman–Crippen MR) is 109 cm³/mol. The average Bonchev–Trinajstić information content (AvgIpc) is 3.20. The van der Waals surface area contributed by atoms with Crippen LogP contribution in [0.3, 0.4) is 0 Å². The van der Waals surface area contributed by atoms with E-state index in [0.717, 1.165) is 22.7 Å². The fraction of sp³-hybridized carbons (Fsp3) is 0. The number of hydrogen-bond donors (Lipinski definition) is 2. The molecular formula is C14H6Cl4N2O2S3. The third-order valence-electron chi connectivity index (χ3n) is 2.96. The van der Waals surface area contributed by atoms with Crippen molar-refractivity contribution in [2.45, 2.75) is 0 Å².